The fourth-order valence-corrected chi connectivity index (χ4v) is 1.11. The number of rotatable bonds is 9. The molecule has 78 valence electrons. The van der Waals surface area contributed by atoms with Gasteiger partial charge in [0.25, 0.3) is 0 Å². The molecule has 0 N–H and O–H groups in total. The second kappa shape index (κ2) is 11.5. The Kier molecular flexibility index (Phi) is 11.1. The normalized spacial score (nSPS) is 10.9. The number of methoxy groups -OCH3 is 1. The molecule has 0 fully saturated rings. The maximum atomic E-state index is 5.01. The van der Waals surface area contributed by atoms with Gasteiger partial charge in [0.1, 0.15) is 0 Å². The molecule has 0 heterocycles. The lowest BCUT2D eigenvalue weighted by atomic mass is 10.1. The van der Waals surface area contributed by atoms with Gasteiger partial charge in [-0.1, -0.05) is 32.6 Å². The summed E-state index contributed by atoms with van der Waals surface area (Å²) in [5.74, 6) is 0. The summed E-state index contributed by atoms with van der Waals surface area (Å²) < 4.78 is 9.74. The molecular formula is C11H22O2. The van der Waals surface area contributed by atoms with E-state index in [1.165, 1.54) is 32.1 Å². The molecule has 0 aromatic rings. The zero-order valence-electron chi connectivity index (χ0n) is 8.92. The van der Waals surface area contributed by atoms with Crippen molar-refractivity contribution in [2.45, 2.75) is 45.4 Å². The van der Waals surface area contributed by atoms with E-state index in [-0.39, 0.29) is 0 Å². The van der Waals surface area contributed by atoms with Gasteiger partial charge in [0.15, 0.2) is 6.79 Å². The van der Waals surface area contributed by atoms with Crippen LogP contribution in [-0.2, 0) is 9.47 Å². The highest BCUT2D eigenvalue weighted by atomic mass is 16.7. The van der Waals surface area contributed by atoms with E-state index in [2.05, 4.69) is 13.0 Å². The van der Waals surface area contributed by atoms with Crippen LogP contribution in [-0.4, -0.2) is 13.9 Å². The molecule has 0 rings (SSSR count). The van der Waals surface area contributed by atoms with Crippen molar-refractivity contribution in [1.29, 1.82) is 0 Å². The Morgan fingerprint density at radius 3 is 2.54 bits per heavy atom. The maximum absolute atomic E-state index is 5.01. The monoisotopic (exact) mass is 186 g/mol. The predicted molar refractivity (Wildman–Crippen MR) is 55.5 cm³/mol. The molecule has 0 unspecified atom stereocenters. The molecule has 0 atom stereocenters. The minimum absolute atomic E-state index is 0.354. The Balaban J connectivity index is 2.93. The molecule has 0 spiro atoms. The quantitative estimate of drug-likeness (QED) is 0.312. The molecule has 0 aliphatic rings. The zero-order valence-corrected chi connectivity index (χ0v) is 8.92. The summed E-state index contributed by atoms with van der Waals surface area (Å²) in [7, 11) is 1.62. The Morgan fingerprint density at radius 2 is 1.85 bits per heavy atom. The first kappa shape index (κ1) is 12.5. The Hall–Kier alpha value is -0.500. The van der Waals surface area contributed by atoms with E-state index >= 15 is 0 Å². The third-order valence-electron chi connectivity index (χ3n) is 1.85. The van der Waals surface area contributed by atoms with Crippen molar-refractivity contribution >= 4 is 0 Å². The van der Waals surface area contributed by atoms with Crippen LogP contribution < -0.4 is 0 Å². The van der Waals surface area contributed by atoms with Crippen LogP contribution in [0.2, 0.25) is 0 Å². The summed E-state index contributed by atoms with van der Waals surface area (Å²) in [4.78, 5) is 0. The summed E-state index contributed by atoms with van der Waals surface area (Å²) in [6, 6.07) is 0. The summed E-state index contributed by atoms with van der Waals surface area (Å²) in [5.41, 5.74) is 0. The summed E-state index contributed by atoms with van der Waals surface area (Å²) in [6.07, 6.45) is 11.6. The molecule has 0 radical (unpaired) electrons. The molecule has 2 nitrogen and oxygen atoms in total. The Morgan fingerprint density at radius 1 is 1.08 bits per heavy atom. The summed E-state index contributed by atoms with van der Waals surface area (Å²) in [6.45, 7) is 2.59. The number of unbranched alkanes of at least 4 members (excludes halogenated alkanes) is 5. The lowest BCUT2D eigenvalue weighted by Gasteiger charge is -1.97. The van der Waals surface area contributed by atoms with Gasteiger partial charge in [0.2, 0.25) is 0 Å². The number of hydrogen-bond donors (Lipinski definition) is 0. The molecule has 0 amide bonds. The highest BCUT2D eigenvalue weighted by Crippen LogP contribution is 2.05. The van der Waals surface area contributed by atoms with Crippen LogP contribution in [0, 0.1) is 0 Å². The van der Waals surface area contributed by atoms with Crippen molar-refractivity contribution in [3.63, 3.8) is 0 Å². The smallest absolute Gasteiger partial charge is 0.187 e. The molecule has 0 aromatic carbocycles. The van der Waals surface area contributed by atoms with E-state index in [9.17, 15) is 0 Å². The molecular weight excluding hydrogens is 164 g/mol. The molecule has 0 aromatic heterocycles. The Labute approximate surface area is 81.9 Å². The second-order valence-electron chi connectivity index (χ2n) is 3.15. The van der Waals surface area contributed by atoms with Gasteiger partial charge >= 0.3 is 0 Å². The van der Waals surface area contributed by atoms with E-state index in [1.807, 2.05) is 0 Å². The Bertz CT molecular complexity index is 111. The number of ether oxygens (including phenoxy) is 2. The number of hydrogen-bond acceptors (Lipinski definition) is 2. The zero-order chi connectivity index (χ0) is 9.78. The van der Waals surface area contributed by atoms with Gasteiger partial charge in [0.05, 0.1) is 6.26 Å². The van der Waals surface area contributed by atoms with Gasteiger partial charge in [-0.05, 0) is 18.9 Å². The highest BCUT2D eigenvalue weighted by Gasteiger charge is 1.86. The van der Waals surface area contributed by atoms with Gasteiger partial charge in [-0.25, -0.2) is 0 Å². The second-order valence-corrected chi connectivity index (χ2v) is 3.15. The third-order valence-corrected chi connectivity index (χ3v) is 1.85. The van der Waals surface area contributed by atoms with E-state index in [0.717, 1.165) is 6.42 Å². The summed E-state index contributed by atoms with van der Waals surface area (Å²) >= 11 is 0. The van der Waals surface area contributed by atoms with Crippen LogP contribution >= 0.6 is 0 Å². The van der Waals surface area contributed by atoms with E-state index in [0.29, 0.717) is 6.79 Å². The van der Waals surface area contributed by atoms with E-state index in [1.54, 1.807) is 13.4 Å². The van der Waals surface area contributed by atoms with Gasteiger partial charge in [-0.3, -0.25) is 0 Å². The van der Waals surface area contributed by atoms with Crippen molar-refractivity contribution in [1.82, 2.24) is 0 Å². The fourth-order valence-electron chi connectivity index (χ4n) is 1.11. The van der Waals surface area contributed by atoms with Crippen molar-refractivity contribution in [2.75, 3.05) is 13.9 Å². The van der Waals surface area contributed by atoms with Crippen LogP contribution in [0.1, 0.15) is 45.4 Å². The van der Waals surface area contributed by atoms with Gasteiger partial charge in [0, 0.05) is 7.11 Å². The van der Waals surface area contributed by atoms with Gasteiger partial charge < -0.3 is 9.47 Å². The van der Waals surface area contributed by atoms with E-state index < -0.39 is 0 Å². The molecule has 0 saturated carbocycles. The minimum atomic E-state index is 0.354. The van der Waals surface area contributed by atoms with Crippen molar-refractivity contribution in [3.05, 3.63) is 12.3 Å². The molecule has 2 heteroatoms. The topological polar surface area (TPSA) is 18.5 Å². The van der Waals surface area contributed by atoms with Crippen molar-refractivity contribution in [3.8, 4) is 0 Å². The molecule has 0 saturated heterocycles. The van der Waals surface area contributed by atoms with Crippen LogP contribution in [0.5, 0.6) is 0 Å². The SMILES string of the molecule is CCCCCCCC=COCOC. The van der Waals surface area contributed by atoms with E-state index in [4.69, 9.17) is 9.47 Å². The van der Waals surface area contributed by atoms with Gasteiger partial charge in [-0.2, -0.15) is 0 Å². The standard InChI is InChI=1S/C11H22O2/c1-3-4-5-6-7-8-9-10-13-11-12-2/h9-10H,3-8,11H2,1-2H3. The number of allylic oxidation sites excluding steroid dienone is 1. The first-order valence-corrected chi connectivity index (χ1v) is 5.17. The van der Waals surface area contributed by atoms with Gasteiger partial charge in [-0.15, -0.1) is 0 Å². The predicted octanol–water partition coefficient (Wildman–Crippen LogP) is 3.48. The largest absolute Gasteiger partial charge is 0.476 e. The fraction of sp³-hybridized carbons (Fsp3) is 0.818. The first-order chi connectivity index (χ1) is 6.41. The first-order valence-electron chi connectivity index (χ1n) is 5.17. The van der Waals surface area contributed by atoms with Crippen LogP contribution in [0.15, 0.2) is 12.3 Å². The molecule has 13 heavy (non-hydrogen) atoms. The van der Waals surface area contributed by atoms with Crippen LogP contribution in [0.3, 0.4) is 0 Å². The van der Waals surface area contributed by atoms with Crippen LogP contribution in [0.4, 0.5) is 0 Å². The summed E-state index contributed by atoms with van der Waals surface area (Å²) in [5, 5.41) is 0. The maximum Gasteiger partial charge on any atom is 0.187 e. The lowest BCUT2D eigenvalue weighted by Crippen LogP contribution is -1.87. The highest BCUT2D eigenvalue weighted by molar-refractivity contribution is 4.72. The lowest BCUT2D eigenvalue weighted by molar-refractivity contribution is 0.0196. The molecule has 0 aliphatic heterocycles. The molecule has 0 bridgehead atoms. The average molecular weight is 186 g/mol. The van der Waals surface area contributed by atoms with Crippen LogP contribution in [0.25, 0.3) is 0 Å². The van der Waals surface area contributed by atoms with Crippen molar-refractivity contribution < 1.29 is 9.47 Å². The average Bonchev–Trinajstić information content (AvgIpc) is 2.16. The minimum Gasteiger partial charge on any atom is -0.476 e. The third kappa shape index (κ3) is 11.5. The van der Waals surface area contributed by atoms with Crippen molar-refractivity contribution in [2.24, 2.45) is 0 Å². The molecule has 0 aliphatic carbocycles.